The lowest BCUT2D eigenvalue weighted by Gasteiger charge is -2.55. The summed E-state index contributed by atoms with van der Waals surface area (Å²) in [5.41, 5.74) is 10.8. The molecule has 2 amide bonds. The molecule has 2 atom stereocenters. The molecule has 1 aromatic heterocycles. The first-order valence-electron chi connectivity index (χ1n) is 12.5. The van der Waals surface area contributed by atoms with Crippen molar-refractivity contribution in [3.8, 4) is 0 Å². The number of carboxylic acids is 1. The van der Waals surface area contributed by atoms with Crippen molar-refractivity contribution in [3.05, 3.63) is 64.6 Å². The summed E-state index contributed by atoms with van der Waals surface area (Å²) in [5.74, 6) is 4.12. The molecule has 4 heterocycles. The number of hydrogen-bond donors (Lipinski definition) is 5. The number of thiazole rings is 1. The monoisotopic (exact) mass is 628 g/mol. The highest BCUT2D eigenvalue weighted by molar-refractivity contribution is 8.00. The quantitative estimate of drug-likeness (QED) is 0.0635. The average molecular weight is 629 g/mol. The second kappa shape index (κ2) is 11.5. The number of para-hydroxylation sites is 1. The Bertz CT molecular complexity index is 1600. The fourth-order valence-corrected chi connectivity index (χ4v) is 7.10. The Morgan fingerprint density at radius 1 is 1.36 bits per heavy atom. The van der Waals surface area contributed by atoms with Crippen LogP contribution in [-0.2, 0) is 19.2 Å². The lowest BCUT2D eigenvalue weighted by atomic mass is 9.87. The van der Waals surface area contributed by atoms with Crippen LogP contribution in [0.5, 0.6) is 0 Å². The number of anilines is 1. The van der Waals surface area contributed by atoms with Crippen LogP contribution in [0, 0.1) is 0 Å². The molecule has 0 spiro atoms. The van der Waals surface area contributed by atoms with E-state index in [2.05, 4.69) is 15.5 Å². The molecule has 1 aromatic carbocycles. The third-order valence-electron chi connectivity index (χ3n) is 6.67. The molecule has 3 aliphatic heterocycles. The summed E-state index contributed by atoms with van der Waals surface area (Å²) in [6.07, 6.45) is 1.70. The van der Waals surface area contributed by atoms with Crippen LogP contribution < -0.4 is 22.6 Å². The molecule has 0 saturated carbocycles. The van der Waals surface area contributed by atoms with Crippen LogP contribution in [0.3, 0.4) is 0 Å². The summed E-state index contributed by atoms with van der Waals surface area (Å²) in [4.78, 5) is 50.3. The minimum Gasteiger partial charge on any atom is -0.477 e. The molecular weight excluding hydrogens is 603 g/mol. The van der Waals surface area contributed by atoms with Crippen LogP contribution in [0.1, 0.15) is 12.6 Å². The van der Waals surface area contributed by atoms with E-state index in [1.165, 1.54) is 22.2 Å². The maximum Gasteiger partial charge on any atom is 0.353 e. The number of thioether (sulfide) groups is 1. The number of nitrogen functional groups attached to an aromatic ring is 1. The number of benzene rings is 1. The second-order valence-electron chi connectivity index (χ2n) is 9.11. The van der Waals surface area contributed by atoms with E-state index in [9.17, 15) is 19.5 Å². The number of hydrazine groups is 1. The molecule has 0 bridgehead atoms. The van der Waals surface area contributed by atoms with Crippen LogP contribution in [0.25, 0.3) is 0 Å². The van der Waals surface area contributed by atoms with Gasteiger partial charge in [-0.05, 0) is 19.1 Å². The Labute approximate surface area is 253 Å². The fraction of sp³-hybridized carbons (Fsp3) is 0.240. The highest BCUT2D eigenvalue weighted by atomic mass is 32.2. The maximum absolute atomic E-state index is 13.8. The van der Waals surface area contributed by atoms with Gasteiger partial charge in [0, 0.05) is 22.6 Å². The van der Waals surface area contributed by atoms with Gasteiger partial charge in [0.1, 0.15) is 35.6 Å². The van der Waals surface area contributed by atoms with E-state index in [0.717, 1.165) is 27.3 Å². The van der Waals surface area contributed by atoms with Gasteiger partial charge in [0.2, 0.25) is 5.82 Å². The Kier molecular flexibility index (Phi) is 8.00. The van der Waals surface area contributed by atoms with Gasteiger partial charge in [-0.3, -0.25) is 14.5 Å². The van der Waals surface area contributed by atoms with E-state index in [1.807, 2.05) is 34.9 Å². The summed E-state index contributed by atoms with van der Waals surface area (Å²) in [6.45, 7) is 2.18. The standard InChI is InChI=1S/C25H25N9O5S3/c1-2-39-31-17(15-11-42-24(27)29-15)19(35)30-25(12-40)22(38)33-18(21(36)37)14(10-41-23(25)33)20-32(9-8-16(26)34(20)28)13-6-4-3-5-7-13/h3-8,11-12,23H,2,9-10,26,28H2,1H3,(H3-,27,29,30,35,36,37)/p+1/b31-17-/t23-,25?/m0/s1. The summed E-state index contributed by atoms with van der Waals surface area (Å²) in [5, 5.41) is 20.1. The Morgan fingerprint density at radius 2 is 2.10 bits per heavy atom. The molecule has 42 heavy (non-hydrogen) atoms. The molecule has 1 unspecified atom stereocenters. The van der Waals surface area contributed by atoms with Crippen LogP contribution in [0.15, 0.2) is 64.0 Å². The van der Waals surface area contributed by atoms with E-state index in [1.54, 1.807) is 13.0 Å². The van der Waals surface area contributed by atoms with Crippen molar-refractivity contribution in [2.24, 2.45) is 16.7 Å². The van der Waals surface area contributed by atoms with Crippen molar-refractivity contribution < 1.29 is 28.9 Å². The van der Waals surface area contributed by atoms with Gasteiger partial charge < -0.3 is 26.7 Å². The summed E-state index contributed by atoms with van der Waals surface area (Å²) in [7, 11) is 0. The molecule has 17 heteroatoms. The number of amides is 2. The molecule has 2 aromatic rings. The van der Waals surface area contributed by atoms with Crippen molar-refractivity contribution in [3.63, 3.8) is 0 Å². The minimum absolute atomic E-state index is 0.110. The zero-order valence-corrected chi connectivity index (χ0v) is 24.5. The Balaban J connectivity index is 1.54. The highest BCUT2D eigenvalue weighted by Gasteiger charge is 2.65. The molecule has 218 valence electrons. The van der Waals surface area contributed by atoms with E-state index in [0.29, 0.717) is 12.4 Å². The minimum atomic E-state index is -1.71. The smallest absolute Gasteiger partial charge is 0.353 e. The fourth-order valence-electron chi connectivity index (χ4n) is 4.75. The van der Waals surface area contributed by atoms with Crippen LogP contribution in [0.2, 0.25) is 0 Å². The SMILES string of the molecule is CCO/N=C(\C(=O)NC1(C=S)C(=O)N2C(C(=O)O)=C(C3=[N+](c4ccccc4)CC=C(N)N3N)CS[C@H]21)c1csc(N)n1. The van der Waals surface area contributed by atoms with Crippen molar-refractivity contribution in [1.82, 2.24) is 20.2 Å². The molecule has 1 saturated heterocycles. The van der Waals surface area contributed by atoms with Gasteiger partial charge >= 0.3 is 11.8 Å². The van der Waals surface area contributed by atoms with Gasteiger partial charge in [0.25, 0.3) is 11.8 Å². The predicted octanol–water partition coefficient (Wildman–Crippen LogP) is 0.307. The Hall–Kier alpha value is -4.32. The lowest BCUT2D eigenvalue weighted by molar-refractivity contribution is -0.436. The van der Waals surface area contributed by atoms with Crippen molar-refractivity contribution in [1.29, 1.82) is 0 Å². The van der Waals surface area contributed by atoms with Gasteiger partial charge in [-0.1, -0.05) is 35.6 Å². The third kappa shape index (κ3) is 4.79. The molecule has 1 fully saturated rings. The number of nitrogens with one attached hydrogen (secondary N) is 1. The molecular formula is C25H26N9O5S3+. The molecule has 14 nitrogen and oxygen atoms in total. The number of nitrogens with zero attached hydrogens (tertiary/aromatic N) is 5. The number of hydrogen-bond acceptors (Lipinski definition) is 13. The van der Waals surface area contributed by atoms with Gasteiger partial charge in [0.15, 0.2) is 16.4 Å². The number of thiocarbonyl (C=S) groups is 1. The summed E-state index contributed by atoms with van der Waals surface area (Å²) >= 11 is 7.56. The van der Waals surface area contributed by atoms with E-state index in [-0.39, 0.29) is 46.0 Å². The number of β-lactam (4-membered cyclic amide) rings is 1. The first-order chi connectivity index (χ1) is 20.1. The lowest BCUT2D eigenvalue weighted by Crippen LogP contribution is -2.81. The number of aliphatic carboxylic acids is 1. The molecule has 5 rings (SSSR count). The number of fused-ring (bicyclic) bond motifs is 1. The van der Waals surface area contributed by atoms with E-state index >= 15 is 0 Å². The molecule has 0 aliphatic carbocycles. The average Bonchev–Trinajstić information content (AvgIpc) is 3.42. The largest absolute Gasteiger partial charge is 0.477 e. The first-order valence-corrected chi connectivity index (χ1v) is 14.9. The molecule has 0 radical (unpaired) electrons. The van der Waals surface area contributed by atoms with Crippen LogP contribution in [0.4, 0.5) is 10.8 Å². The number of amidine groups is 1. The number of aromatic nitrogens is 1. The molecule has 8 N–H and O–H groups in total. The van der Waals surface area contributed by atoms with Crippen LogP contribution in [-0.4, -0.2) is 89.1 Å². The summed E-state index contributed by atoms with van der Waals surface area (Å²) in [6, 6.07) is 9.23. The van der Waals surface area contributed by atoms with Gasteiger partial charge in [0.05, 0.1) is 5.57 Å². The predicted molar refractivity (Wildman–Crippen MR) is 162 cm³/mol. The van der Waals surface area contributed by atoms with Gasteiger partial charge in [-0.2, -0.15) is 5.84 Å². The van der Waals surface area contributed by atoms with E-state index in [4.69, 9.17) is 34.4 Å². The second-order valence-corrected chi connectivity index (χ2v) is 11.3. The zero-order valence-electron chi connectivity index (χ0n) is 22.1. The number of carbonyl (C=O) groups is 3. The number of nitrogens with two attached hydrogens (primary N) is 3. The van der Waals surface area contributed by atoms with Crippen LogP contribution >= 0.6 is 35.3 Å². The highest BCUT2D eigenvalue weighted by Crippen LogP contribution is 2.46. The first kappa shape index (κ1) is 29.2. The number of rotatable bonds is 9. The number of carboxylic acid groups (broad SMARTS) is 1. The van der Waals surface area contributed by atoms with Crippen molar-refractivity contribution >= 4 is 80.8 Å². The van der Waals surface area contributed by atoms with E-state index < -0.39 is 28.7 Å². The zero-order chi connectivity index (χ0) is 30.2. The number of carbonyl (C=O) groups excluding carboxylic acids is 2. The van der Waals surface area contributed by atoms with Crippen molar-refractivity contribution in [2.75, 3.05) is 24.6 Å². The molecule has 3 aliphatic rings. The topological polar surface area (TPSA) is 206 Å². The summed E-state index contributed by atoms with van der Waals surface area (Å²) < 4.78 is 1.81. The van der Waals surface area contributed by atoms with Crippen molar-refractivity contribution in [2.45, 2.75) is 17.8 Å². The third-order valence-corrected chi connectivity index (χ3v) is 9.06. The van der Waals surface area contributed by atoms with Gasteiger partial charge in [-0.25, -0.2) is 14.4 Å². The normalized spacial score (nSPS) is 22.3. The number of oxime groups is 1. The van der Waals surface area contributed by atoms with Gasteiger partial charge in [-0.15, -0.1) is 28.1 Å². The Morgan fingerprint density at radius 3 is 2.71 bits per heavy atom. The maximum atomic E-state index is 13.8.